The Bertz CT molecular complexity index is 858. The van der Waals surface area contributed by atoms with Crippen molar-refractivity contribution < 1.29 is 4.39 Å². The number of benzene rings is 2. The third-order valence-corrected chi connectivity index (χ3v) is 4.46. The Morgan fingerprint density at radius 3 is 2.90 bits per heavy atom. The lowest BCUT2D eigenvalue weighted by Crippen LogP contribution is -1.72. The van der Waals surface area contributed by atoms with Crippen LogP contribution >= 0.6 is 11.3 Å². The Balaban J connectivity index is 1.91. The SMILES string of the molecule is Cc1ccc2nc(-c3cc4ccc(F)cc4s3)[nH]c2c1. The second-order valence-electron chi connectivity index (χ2n) is 4.90. The largest absolute Gasteiger partial charge is 0.337 e. The molecule has 4 aromatic rings. The van der Waals surface area contributed by atoms with Crippen LogP contribution in [-0.2, 0) is 0 Å². The number of H-pyrrole nitrogens is 1. The highest BCUT2D eigenvalue weighted by Gasteiger charge is 2.09. The van der Waals surface area contributed by atoms with Gasteiger partial charge in [0.25, 0.3) is 0 Å². The van der Waals surface area contributed by atoms with Crippen LogP contribution in [0.2, 0.25) is 0 Å². The van der Waals surface area contributed by atoms with Crippen LogP contribution in [0.1, 0.15) is 5.56 Å². The van der Waals surface area contributed by atoms with Crippen molar-refractivity contribution in [2.45, 2.75) is 6.92 Å². The Labute approximate surface area is 118 Å². The first kappa shape index (κ1) is 11.6. The average Bonchev–Trinajstić information content (AvgIpc) is 3.00. The van der Waals surface area contributed by atoms with Gasteiger partial charge in [0.15, 0.2) is 0 Å². The summed E-state index contributed by atoms with van der Waals surface area (Å²) < 4.78 is 14.2. The molecule has 0 saturated heterocycles. The molecule has 0 radical (unpaired) electrons. The zero-order valence-corrected chi connectivity index (χ0v) is 11.6. The summed E-state index contributed by atoms with van der Waals surface area (Å²) in [6.45, 7) is 2.06. The topological polar surface area (TPSA) is 28.7 Å². The Hall–Kier alpha value is -2.20. The quantitative estimate of drug-likeness (QED) is 0.529. The number of aryl methyl sites for hydroxylation is 1. The highest BCUT2D eigenvalue weighted by Crippen LogP contribution is 2.33. The number of imidazole rings is 1. The number of nitrogens with zero attached hydrogens (tertiary/aromatic N) is 1. The van der Waals surface area contributed by atoms with Crippen molar-refractivity contribution >= 4 is 32.5 Å². The van der Waals surface area contributed by atoms with Gasteiger partial charge in [0.05, 0.1) is 15.9 Å². The van der Waals surface area contributed by atoms with Crippen LogP contribution in [-0.4, -0.2) is 9.97 Å². The van der Waals surface area contributed by atoms with Crippen LogP contribution in [0.5, 0.6) is 0 Å². The van der Waals surface area contributed by atoms with Crippen LogP contribution in [0.3, 0.4) is 0 Å². The molecule has 4 rings (SSSR count). The fraction of sp³-hybridized carbons (Fsp3) is 0.0625. The van der Waals surface area contributed by atoms with Gasteiger partial charge in [-0.25, -0.2) is 9.37 Å². The van der Waals surface area contributed by atoms with E-state index in [1.807, 2.05) is 18.2 Å². The normalized spacial score (nSPS) is 11.5. The second kappa shape index (κ2) is 4.15. The van der Waals surface area contributed by atoms with Gasteiger partial charge in [0.2, 0.25) is 0 Å². The molecule has 0 aliphatic carbocycles. The lowest BCUT2D eigenvalue weighted by Gasteiger charge is -1.89. The van der Waals surface area contributed by atoms with Gasteiger partial charge in [-0.05, 0) is 48.2 Å². The fourth-order valence-electron chi connectivity index (χ4n) is 2.36. The summed E-state index contributed by atoms with van der Waals surface area (Å²) in [5.74, 6) is 0.637. The van der Waals surface area contributed by atoms with Crippen molar-refractivity contribution in [3.8, 4) is 10.7 Å². The number of halogens is 1. The molecule has 0 saturated carbocycles. The van der Waals surface area contributed by atoms with E-state index in [1.165, 1.54) is 11.6 Å². The maximum Gasteiger partial charge on any atom is 0.148 e. The summed E-state index contributed by atoms with van der Waals surface area (Å²) in [6.07, 6.45) is 0. The third kappa shape index (κ3) is 1.80. The van der Waals surface area contributed by atoms with Crippen molar-refractivity contribution in [3.63, 3.8) is 0 Å². The Morgan fingerprint density at radius 1 is 1.10 bits per heavy atom. The molecule has 0 fully saturated rings. The number of nitrogens with one attached hydrogen (secondary N) is 1. The molecule has 0 unspecified atom stereocenters. The van der Waals surface area contributed by atoms with Gasteiger partial charge in [-0.1, -0.05) is 12.1 Å². The zero-order valence-electron chi connectivity index (χ0n) is 10.8. The van der Waals surface area contributed by atoms with E-state index in [4.69, 9.17) is 0 Å². The molecule has 1 N–H and O–H groups in total. The van der Waals surface area contributed by atoms with E-state index in [0.29, 0.717) is 0 Å². The number of rotatable bonds is 1. The minimum atomic E-state index is -0.203. The smallest absolute Gasteiger partial charge is 0.148 e. The van der Waals surface area contributed by atoms with E-state index < -0.39 is 0 Å². The molecule has 0 aliphatic heterocycles. The van der Waals surface area contributed by atoms with Gasteiger partial charge < -0.3 is 4.98 Å². The molecule has 0 aliphatic rings. The van der Waals surface area contributed by atoms with E-state index in [2.05, 4.69) is 23.0 Å². The summed E-state index contributed by atoms with van der Waals surface area (Å²) >= 11 is 1.55. The summed E-state index contributed by atoms with van der Waals surface area (Å²) in [4.78, 5) is 8.96. The zero-order chi connectivity index (χ0) is 13.7. The number of aromatic amines is 1. The molecule has 2 aromatic carbocycles. The van der Waals surface area contributed by atoms with Gasteiger partial charge in [-0.3, -0.25) is 0 Å². The van der Waals surface area contributed by atoms with Crippen molar-refractivity contribution in [2.24, 2.45) is 0 Å². The molecule has 0 spiro atoms. The maximum absolute atomic E-state index is 13.2. The van der Waals surface area contributed by atoms with Crippen LogP contribution < -0.4 is 0 Å². The fourth-order valence-corrected chi connectivity index (χ4v) is 3.39. The summed E-state index contributed by atoms with van der Waals surface area (Å²) in [5, 5.41) is 1.04. The molecule has 20 heavy (non-hydrogen) atoms. The molecule has 4 heteroatoms. The molecule has 0 amide bonds. The molecule has 2 heterocycles. The first-order chi connectivity index (χ1) is 9.69. The standard InChI is InChI=1S/C16H11FN2S/c1-9-2-5-12-13(6-9)19-16(18-12)15-7-10-3-4-11(17)8-14(10)20-15/h2-8H,1H3,(H,18,19). The molecule has 0 atom stereocenters. The lowest BCUT2D eigenvalue weighted by molar-refractivity contribution is 0.630. The van der Waals surface area contributed by atoms with Crippen molar-refractivity contribution in [1.29, 1.82) is 0 Å². The number of aromatic nitrogens is 2. The van der Waals surface area contributed by atoms with Gasteiger partial charge in [-0.15, -0.1) is 11.3 Å². The molecule has 0 bridgehead atoms. The van der Waals surface area contributed by atoms with Crippen LogP contribution in [0, 0.1) is 12.7 Å². The minimum absolute atomic E-state index is 0.203. The van der Waals surface area contributed by atoms with E-state index >= 15 is 0 Å². The van der Waals surface area contributed by atoms with Crippen molar-refractivity contribution in [2.75, 3.05) is 0 Å². The predicted octanol–water partition coefficient (Wildman–Crippen LogP) is 4.89. The third-order valence-electron chi connectivity index (χ3n) is 3.35. The van der Waals surface area contributed by atoms with E-state index in [-0.39, 0.29) is 5.82 Å². The van der Waals surface area contributed by atoms with Crippen molar-refractivity contribution in [1.82, 2.24) is 9.97 Å². The molecule has 98 valence electrons. The molecular weight excluding hydrogens is 271 g/mol. The summed E-state index contributed by atoms with van der Waals surface area (Å²) in [7, 11) is 0. The monoisotopic (exact) mass is 282 g/mol. The number of thiophene rings is 1. The highest BCUT2D eigenvalue weighted by molar-refractivity contribution is 7.22. The van der Waals surface area contributed by atoms with Gasteiger partial charge >= 0.3 is 0 Å². The Kier molecular flexibility index (Phi) is 2.41. The van der Waals surface area contributed by atoms with Crippen LogP contribution in [0.25, 0.3) is 31.8 Å². The average molecular weight is 282 g/mol. The maximum atomic E-state index is 13.2. The van der Waals surface area contributed by atoms with E-state index in [1.54, 1.807) is 23.5 Å². The summed E-state index contributed by atoms with van der Waals surface area (Å²) in [5.41, 5.74) is 3.18. The van der Waals surface area contributed by atoms with Gasteiger partial charge in [0.1, 0.15) is 11.6 Å². The van der Waals surface area contributed by atoms with Crippen LogP contribution in [0.4, 0.5) is 4.39 Å². The van der Waals surface area contributed by atoms with E-state index in [0.717, 1.165) is 31.8 Å². The summed E-state index contributed by atoms with van der Waals surface area (Å²) in [6, 6.07) is 13.0. The van der Waals surface area contributed by atoms with E-state index in [9.17, 15) is 4.39 Å². The number of hydrogen-bond donors (Lipinski definition) is 1. The number of hydrogen-bond acceptors (Lipinski definition) is 2. The van der Waals surface area contributed by atoms with Crippen LogP contribution in [0.15, 0.2) is 42.5 Å². The minimum Gasteiger partial charge on any atom is -0.337 e. The van der Waals surface area contributed by atoms with Gasteiger partial charge in [-0.2, -0.15) is 0 Å². The number of fused-ring (bicyclic) bond motifs is 2. The first-order valence-electron chi connectivity index (χ1n) is 6.35. The van der Waals surface area contributed by atoms with Crippen molar-refractivity contribution in [3.05, 3.63) is 53.8 Å². The molecule has 2 aromatic heterocycles. The Morgan fingerprint density at radius 2 is 2.00 bits per heavy atom. The second-order valence-corrected chi connectivity index (χ2v) is 5.98. The molecule has 2 nitrogen and oxygen atoms in total. The molecular formula is C16H11FN2S. The highest BCUT2D eigenvalue weighted by atomic mass is 32.1. The first-order valence-corrected chi connectivity index (χ1v) is 7.16. The lowest BCUT2D eigenvalue weighted by atomic mass is 10.2. The predicted molar refractivity (Wildman–Crippen MR) is 81.6 cm³/mol. The van der Waals surface area contributed by atoms with Gasteiger partial charge in [0, 0.05) is 4.70 Å².